The molecule has 2 heteroatoms. The van der Waals surface area contributed by atoms with Crippen molar-refractivity contribution in [2.24, 2.45) is 5.92 Å². The Morgan fingerprint density at radius 2 is 1.95 bits per heavy atom. The molecule has 0 amide bonds. The molecule has 0 aliphatic carbocycles. The number of nitrogens with one attached hydrogen (secondary N) is 1. The Morgan fingerprint density at radius 1 is 1.15 bits per heavy atom. The minimum Gasteiger partial charge on any atom is -0.316 e. The Kier molecular flexibility index (Phi) is 4.77. The Labute approximate surface area is 122 Å². The molecule has 0 saturated carbocycles. The lowest BCUT2D eigenvalue weighted by atomic mass is 9.79. The van der Waals surface area contributed by atoms with E-state index in [0.717, 1.165) is 25.0 Å². The van der Waals surface area contributed by atoms with Crippen molar-refractivity contribution in [3.05, 3.63) is 42.1 Å². The van der Waals surface area contributed by atoms with Crippen molar-refractivity contribution in [2.45, 2.75) is 39.5 Å². The molecule has 0 atom stereocenters. The number of aromatic nitrogens is 1. The highest BCUT2D eigenvalue weighted by atomic mass is 14.9. The molecule has 2 nitrogen and oxygen atoms in total. The van der Waals surface area contributed by atoms with E-state index >= 15 is 0 Å². The van der Waals surface area contributed by atoms with Gasteiger partial charge in [0.05, 0.1) is 5.52 Å². The van der Waals surface area contributed by atoms with E-state index in [1.165, 1.54) is 10.9 Å². The summed E-state index contributed by atoms with van der Waals surface area (Å²) in [7, 11) is 0. The molecule has 0 aliphatic heterocycles. The lowest BCUT2D eigenvalue weighted by Gasteiger charge is -2.27. The van der Waals surface area contributed by atoms with Gasteiger partial charge in [0, 0.05) is 11.6 Å². The molecule has 1 N–H and O–H groups in total. The first-order valence-corrected chi connectivity index (χ1v) is 7.55. The molecule has 2 aromatic rings. The second kappa shape index (κ2) is 6.36. The van der Waals surface area contributed by atoms with Gasteiger partial charge in [0.25, 0.3) is 0 Å². The number of nitrogens with zero attached hydrogens (tertiary/aromatic N) is 1. The van der Waals surface area contributed by atoms with Gasteiger partial charge >= 0.3 is 0 Å². The first-order chi connectivity index (χ1) is 9.50. The standard InChI is InChI=1S/C18H26N2/c1-14(2)13-19-12-10-18(3,4)16-8-5-9-17-15(16)7-6-11-20-17/h5-9,11,14,19H,10,12-13H2,1-4H3. The van der Waals surface area contributed by atoms with Gasteiger partial charge in [0.15, 0.2) is 0 Å². The van der Waals surface area contributed by atoms with Crippen LogP contribution < -0.4 is 5.32 Å². The fourth-order valence-electron chi connectivity index (χ4n) is 2.62. The van der Waals surface area contributed by atoms with Gasteiger partial charge < -0.3 is 5.32 Å². The zero-order valence-electron chi connectivity index (χ0n) is 13.1. The summed E-state index contributed by atoms with van der Waals surface area (Å²) < 4.78 is 0. The minimum absolute atomic E-state index is 0.159. The SMILES string of the molecule is CC(C)CNCCC(C)(C)c1cccc2ncccc12. The van der Waals surface area contributed by atoms with Crippen LogP contribution in [0.3, 0.4) is 0 Å². The fraction of sp³-hybridized carbons (Fsp3) is 0.500. The van der Waals surface area contributed by atoms with Gasteiger partial charge in [-0.3, -0.25) is 4.98 Å². The smallest absolute Gasteiger partial charge is 0.0704 e. The molecular weight excluding hydrogens is 244 g/mol. The predicted octanol–water partition coefficient (Wildman–Crippen LogP) is 4.15. The van der Waals surface area contributed by atoms with Gasteiger partial charge in [-0.2, -0.15) is 0 Å². The van der Waals surface area contributed by atoms with Crippen molar-refractivity contribution < 1.29 is 0 Å². The third kappa shape index (κ3) is 3.57. The van der Waals surface area contributed by atoms with Crippen LogP contribution in [0.1, 0.15) is 39.7 Å². The Balaban J connectivity index is 2.15. The van der Waals surface area contributed by atoms with Crippen LogP contribution in [0.25, 0.3) is 10.9 Å². The molecule has 0 unspecified atom stereocenters. The molecule has 0 spiro atoms. The van der Waals surface area contributed by atoms with E-state index in [2.05, 4.69) is 62.3 Å². The fourth-order valence-corrected chi connectivity index (χ4v) is 2.62. The highest BCUT2D eigenvalue weighted by molar-refractivity contribution is 5.83. The maximum atomic E-state index is 4.46. The average molecular weight is 270 g/mol. The topological polar surface area (TPSA) is 24.9 Å². The highest BCUT2D eigenvalue weighted by Gasteiger charge is 2.22. The van der Waals surface area contributed by atoms with Crippen LogP contribution >= 0.6 is 0 Å². The Bertz CT molecular complexity index is 553. The van der Waals surface area contributed by atoms with Crippen LogP contribution in [0.15, 0.2) is 36.5 Å². The molecule has 2 rings (SSSR count). The molecule has 1 aromatic heterocycles. The predicted molar refractivity (Wildman–Crippen MR) is 87.1 cm³/mol. The van der Waals surface area contributed by atoms with E-state index in [1.54, 1.807) is 0 Å². The van der Waals surface area contributed by atoms with Crippen LogP contribution in [-0.2, 0) is 5.41 Å². The van der Waals surface area contributed by atoms with E-state index in [9.17, 15) is 0 Å². The molecular formula is C18H26N2. The van der Waals surface area contributed by atoms with Crippen LogP contribution in [0.2, 0.25) is 0 Å². The van der Waals surface area contributed by atoms with Crippen molar-refractivity contribution in [1.29, 1.82) is 0 Å². The summed E-state index contributed by atoms with van der Waals surface area (Å²) in [5.74, 6) is 0.708. The third-order valence-corrected chi connectivity index (χ3v) is 3.85. The summed E-state index contributed by atoms with van der Waals surface area (Å²) in [6, 6.07) is 10.7. The number of hydrogen-bond donors (Lipinski definition) is 1. The molecule has 1 aromatic carbocycles. The minimum atomic E-state index is 0.159. The lowest BCUT2D eigenvalue weighted by molar-refractivity contribution is 0.444. The van der Waals surface area contributed by atoms with Crippen LogP contribution in [0.4, 0.5) is 0 Å². The summed E-state index contributed by atoms with van der Waals surface area (Å²) in [6.45, 7) is 11.3. The van der Waals surface area contributed by atoms with Gasteiger partial charge in [-0.25, -0.2) is 0 Å². The summed E-state index contributed by atoms with van der Waals surface area (Å²) in [5, 5.41) is 4.82. The van der Waals surface area contributed by atoms with E-state index in [-0.39, 0.29) is 5.41 Å². The van der Waals surface area contributed by atoms with E-state index in [1.807, 2.05) is 12.3 Å². The number of hydrogen-bond acceptors (Lipinski definition) is 2. The Hall–Kier alpha value is -1.41. The maximum Gasteiger partial charge on any atom is 0.0704 e. The monoisotopic (exact) mass is 270 g/mol. The number of fused-ring (bicyclic) bond motifs is 1. The van der Waals surface area contributed by atoms with E-state index in [0.29, 0.717) is 5.92 Å². The second-order valence-corrected chi connectivity index (χ2v) is 6.61. The van der Waals surface area contributed by atoms with Gasteiger partial charge in [0.1, 0.15) is 0 Å². The number of benzene rings is 1. The second-order valence-electron chi connectivity index (χ2n) is 6.61. The molecule has 0 radical (unpaired) electrons. The van der Waals surface area contributed by atoms with E-state index < -0.39 is 0 Å². The molecule has 0 bridgehead atoms. The normalized spacial score (nSPS) is 12.2. The molecule has 0 fully saturated rings. The molecule has 108 valence electrons. The van der Waals surface area contributed by atoms with Crippen LogP contribution in [-0.4, -0.2) is 18.1 Å². The molecule has 20 heavy (non-hydrogen) atoms. The van der Waals surface area contributed by atoms with Crippen molar-refractivity contribution in [1.82, 2.24) is 10.3 Å². The zero-order chi connectivity index (χ0) is 14.6. The van der Waals surface area contributed by atoms with Gasteiger partial charge in [-0.15, -0.1) is 0 Å². The molecule has 0 aliphatic rings. The largest absolute Gasteiger partial charge is 0.316 e. The third-order valence-electron chi connectivity index (χ3n) is 3.85. The highest BCUT2D eigenvalue weighted by Crippen LogP contribution is 2.31. The van der Waals surface area contributed by atoms with Crippen LogP contribution in [0, 0.1) is 5.92 Å². The first kappa shape index (κ1) is 15.0. The van der Waals surface area contributed by atoms with Gasteiger partial charge in [0.2, 0.25) is 0 Å². The number of pyridine rings is 1. The van der Waals surface area contributed by atoms with Gasteiger partial charge in [-0.05, 0) is 48.5 Å². The average Bonchev–Trinajstić information content (AvgIpc) is 2.43. The quantitative estimate of drug-likeness (QED) is 0.798. The van der Waals surface area contributed by atoms with Crippen molar-refractivity contribution >= 4 is 10.9 Å². The summed E-state index contributed by atoms with van der Waals surface area (Å²) >= 11 is 0. The summed E-state index contributed by atoms with van der Waals surface area (Å²) in [6.07, 6.45) is 3.00. The lowest BCUT2D eigenvalue weighted by Crippen LogP contribution is -2.27. The van der Waals surface area contributed by atoms with Gasteiger partial charge in [-0.1, -0.05) is 45.9 Å². The molecule has 0 saturated heterocycles. The number of rotatable bonds is 6. The summed E-state index contributed by atoms with van der Waals surface area (Å²) in [5.41, 5.74) is 2.65. The van der Waals surface area contributed by atoms with E-state index in [4.69, 9.17) is 0 Å². The zero-order valence-corrected chi connectivity index (χ0v) is 13.1. The Morgan fingerprint density at radius 3 is 2.70 bits per heavy atom. The van der Waals surface area contributed by atoms with Crippen LogP contribution in [0.5, 0.6) is 0 Å². The van der Waals surface area contributed by atoms with Crippen molar-refractivity contribution in [3.63, 3.8) is 0 Å². The maximum absolute atomic E-state index is 4.46. The summed E-state index contributed by atoms with van der Waals surface area (Å²) in [4.78, 5) is 4.46. The molecule has 1 heterocycles. The van der Waals surface area contributed by atoms with Crippen molar-refractivity contribution in [3.8, 4) is 0 Å². The van der Waals surface area contributed by atoms with Crippen molar-refractivity contribution in [2.75, 3.05) is 13.1 Å². The first-order valence-electron chi connectivity index (χ1n) is 7.55.